The van der Waals surface area contributed by atoms with Crippen molar-refractivity contribution >= 4 is 23.8 Å². The molecule has 56 heavy (non-hydrogen) atoms. The van der Waals surface area contributed by atoms with E-state index in [1.54, 1.807) is 53.8 Å². The Hall–Kier alpha value is -5.95. The molecule has 0 spiro atoms. The normalized spacial score (nSPS) is 17.3. The maximum atomic E-state index is 14.3. The molecule has 15 heteroatoms. The molecule has 0 saturated carbocycles. The summed E-state index contributed by atoms with van der Waals surface area (Å²) < 4.78 is 60.3. The van der Waals surface area contributed by atoms with Crippen molar-refractivity contribution in [3.63, 3.8) is 0 Å². The molecule has 0 bridgehead atoms. The number of ether oxygens (including phenoxy) is 4. The summed E-state index contributed by atoms with van der Waals surface area (Å²) in [6.07, 6.45) is -7.19. The SMILES string of the molecule is COC(=O)N(C(=O)[C@@H](N)C(c1ccccc1)c1ccccc1)c1ccccc1CC[C@@H]1CN[C@H](COC(=O)NCC(F)(F)F)[C@@H](COc2ccc(C#N)cc2)O1. The number of nitriles is 1. The minimum atomic E-state index is -4.60. The average molecular weight is 774 g/mol. The Kier molecular flexibility index (Phi) is 14.4. The first-order valence-electron chi connectivity index (χ1n) is 17.8. The number of rotatable bonds is 14. The predicted octanol–water partition coefficient (Wildman–Crippen LogP) is 5.84. The second-order valence-electron chi connectivity index (χ2n) is 13.0. The minimum Gasteiger partial charge on any atom is -0.491 e. The number of hydrogen-bond donors (Lipinski definition) is 3. The van der Waals surface area contributed by atoms with E-state index in [9.17, 15) is 27.6 Å². The van der Waals surface area contributed by atoms with E-state index in [1.807, 2.05) is 66.7 Å². The van der Waals surface area contributed by atoms with Crippen LogP contribution in [-0.4, -0.2) is 82.0 Å². The third-order valence-corrected chi connectivity index (χ3v) is 9.16. The monoisotopic (exact) mass is 773 g/mol. The molecule has 4 aromatic carbocycles. The van der Waals surface area contributed by atoms with Gasteiger partial charge in [-0.3, -0.25) is 4.79 Å². The summed E-state index contributed by atoms with van der Waals surface area (Å²) in [5.74, 6) is -0.805. The van der Waals surface area contributed by atoms with Crippen LogP contribution in [0.3, 0.4) is 0 Å². The van der Waals surface area contributed by atoms with E-state index in [0.29, 0.717) is 35.4 Å². The Labute approximate surface area is 322 Å². The van der Waals surface area contributed by atoms with Gasteiger partial charge in [0.1, 0.15) is 31.6 Å². The van der Waals surface area contributed by atoms with E-state index in [2.05, 4.69) is 5.32 Å². The number of anilines is 1. The summed E-state index contributed by atoms with van der Waals surface area (Å²) in [4.78, 5) is 40.7. The lowest BCUT2D eigenvalue weighted by atomic mass is 9.84. The Morgan fingerprint density at radius 2 is 1.57 bits per heavy atom. The number of carbonyl (C=O) groups is 3. The highest BCUT2D eigenvalue weighted by Crippen LogP contribution is 2.31. The number of amides is 3. The van der Waals surface area contributed by atoms with Gasteiger partial charge in [0, 0.05) is 12.5 Å². The zero-order valence-electron chi connectivity index (χ0n) is 30.5. The first-order chi connectivity index (χ1) is 27.0. The minimum absolute atomic E-state index is 0.0311. The fourth-order valence-corrected chi connectivity index (χ4v) is 6.36. The molecule has 0 aromatic heterocycles. The van der Waals surface area contributed by atoms with Gasteiger partial charge < -0.3 is 35.3 Å². The number of halogens is 3. The third-order valence-electron chi connectivity index (χ3n) is 9.16. The maximum absolute atomic E-state index is 14.3. The third kappa shape index (κ3) is 11.3. The summed E-state index contributed by atoms with van der Waals surface area (Å²) in [5.41, 5.74) is 9.70. The molecule has 1 aliphatic rings. The summed E-state index contributed by atoms with van der Waals surface area (Å²) >= 11 is 0. The topological polar surface area (TPSA) is 165 Å². The molecule has 0 unspecified atom stereocenters. The molecule has 4 atom stereocenters. The largest absolute Gasteiger partial charge is 0.491 e. The number of aryl methyl sites for hydroxylation is 1. The van der Waals surface area contributed by atoms with Crippen LogP contribution in [0.4, 0.5) is 28.4 Å². The number of carbonyl (C=O) groups excluding carboxylic acids is 3. The van der Waals surface area contributed by atoms with Gasteiger partial charge in [0.15, 0.2) is 0 Å². The summed E-state index contributed by atoms with van der Waals surface area (Å²) in [5, 5.41) is 14.0. The molecule has 294 valence electrons. The van der Waals surface area contributed by atoms with Gasteiger partial charge >= 0.3 is 18.4 Å². The number of alkyl halides is 3. The van der Waals surface area contributed by atoms with E-state index in [1.165, 1.54) is 7.11 Å². The fraction of sp³-hybridized carbons (Fsp3) is 0.317. The number of alkyl carbamates (subject to hydrolysis) is 1. The van der Waals surface area contributed by atoms with Crippen molar-refractivity contribution in [3.8, 4) is 11.8 Å². The standard InChI is InChI=1S/C41H42F3N5O7/c1-53-40(52)49(38(50)37(46)36(29-11-4-2-5-12-29)30-13-6-3-7-14-30)34-15-9-8-10-28(34)18-21-32-23-47-33(24-55-39(51)48-26-41(42,43)44)35(56-32)25-54-31-19-16-27(22-45)17-20-31/h2-17,19-20,32-33,35-37,47H,18,21,23-26,46H2,1H3,(H,48,51)/t32-,33-,35-,37+/m1/s1. The molecule has 1 heterocycles. The second kappa shape index (κ2) is 19.6. The van der Waals surface area contributed by atoms with E-state index >= 15 is 0 Å². The Balaban J connectivity index is 1.32. The van der Waals surface area contributed by atoms with Crippen molar-refractivity contribution in [2.45, 2.75) is 49.2 Å². The first kappa shape index (κ1) is 41.2. The molecule has 0 radical (unpaired) electrons. The van der Waals surface area contributed by atoms with E-state index in [-0.39, 0.29) is 19.8 Å². The maximum Gasteiger partial charge on any atom is 0.420 e. The Morgan fingerprint density at radius 3 is 2.18 bits per heavy atom. The summed E-state index contributed by atoms with van der Waals surface area (Å²) in [6, 6.07) is 32.1. The van der Waals surface area contributed by atoms with Crippen molar-refractivity contribution in [2.24, 2.45) is 5.73 Å². The van der Waals surface area contributed by atoms with Gasteiger partial charge in [0.05, 0.1) is 42.6 Å². The predicted molar refractivity (Wildman–Crippen MR) is 200 cm³/mol. The van der Waals surface area contributed by atoms with Crippen molar-refractivity contribution in [1.82, 2.24) is 10.6 Å². The van der Waals surface area contributed by atoms with Crippen LogP contribution in [0.15, 0.2) is 109 Å². The molecule has 1 aliphatic heterocycles. The van der Waals surface area contributed by atoms with Crippen LogP contribution >= 0.6 is 0 Å². The average Bonchev–Trinajstić information content (AvgIpc) is 3.22. The van der Waals surface area contributed by atoms with Gasteiger partial charge in [-0.25, -0.2) is 14.5 Å². The molecule has 12 nitrogen and oxygen atoms in total. The van der Waals surface area contributed by atoms with E-state index in [0.717, 1.165) is 16.0 Å². The number of morpholine rings is 1. The van der Waals surface area contributed by atoms with Gasteiger partial charge in [0.25, 0.3) is 5.91 Å². The van der Waals surface area contributed by atoms with Crippen molar-refractivity contribution in [1.29, 1.82) is 5.26 Å². The highest BCUT2D eigenvalue weighted by atomic mass is 19.4. The van der Waals surface area contributed by atoms with Gasteiger partial charge in [-0.05, 0) is 59.9 Å². The van der Waals surface area contributed by atoms with Gasteiger partial charge in [-0.1, -0.05) is 78.9 Å². The lowest BCUT2D eigenvalue weighted by Gasteiger charge is -2.37. The van der Waals surface area contributed by atoms with Crippen LogP contribution in [0.5, 0.6) is 5.75 Å². The van der Waals surface area contributed by atoms with E-state index < -0.39 is 61.0 Å². The van der Waals surface area contributed by atoms with Crippen LogP contribution in [0.25, 0.3) is 0 Å². The Morgan fingerprint density at radius 1 is 0.946 bits per heavy atom. The van der Waals surface area contributed by atoms with Crippen LogP contribution < -0.4 is 26.0 Å². The van der Waals surface area contributed by atoms with Gasteiger partial charge in [0.2, 0.25) is 0 Å². The second-order valence-corrected chi connectivity index (χ2v) is 13.0. The van der Waals surface area contributed by atoms with Crippen LogP contribution in [0, 0.1) is 11.3 Å². The van der Waals surface area contributed by atoms with Crippen LogP contribution in [0.1, 0.15) is 34.6 Å². The number of methoxy groups -OCH3 is 1. The number of para-hydroxylation sites is 1. The lowest BCUT2D eigenvalue weighted by Crippen LogP contribution is -2.57. The number of nitrogens with zero attached hydrogens (tertiary/aromatic N) is 2. The van der Waals surface area contributed by atoms with Gasteiger partial charge in [-0.2, -0.15) is 18.4 Å². The highest BCUT2D eigenvalue weighted by molar-refractivity contribution is 6.15. The Bertz CT molecular complexity index is 1910. The van der Waals surface area contributed by atoms with Gasteiger partial charge in [-0.15, -0.1) is 0 Å². The molecule has 3 amide bonds. The van der Waals surface area contributed by atoms with E-state index in [4.69, 9.17) is 29.9 Å². The molecule has 4 aromatic rings. The number of nitrogens with two attached hydrogens (primary N) is 1. The summed E-state index contributed by atoms with van der Waals surface area (Å²) in [7, 11) is 1.18. The number of nitrogens with one attached hydrogen (secondary N) is 2. The summed E-state index contributed by atoms with van der Waals surface area (Å²) in [6.45, 7) is -1.62. The zero-order valence-corrected chi connectivity index (χ0v) is 30.5. The highest BCUT2D eigenvalue weighted by Gasteiger charge is 2.37. The smallest absolute Gasteiger partial charge is 0.420 e. The number of hydrogen-bond acceptors (Lipinski definition) is 10. The van der Waals surface area contributed by atoms with Crippen LogP contribution in [0.2, 0.25) is 0 Å². The van der Waals surface area contributed by atoms with Crippen molar-refractivity contribution in [3.05, 3.63) is 131 Å². The van der Waals surface area contributed by atoms with Crippen molar-refractivity contribution in [2.75, 3.05) is 38.3 Å². The molecule has 1 fully saturated rings. The number of benzene rings is 4. The zero-order chi connectivity index (χ0) is 40.1. The quantitative estimate of drug-likeness (QED) is 0.142. The molecule has 4 N–H and O–H groups in total. The fourth-order valence-electron chi connectivity index (χ4n) is 6.36. The van der Waals surface area contributed by atoms with Crippen molar-refractivity contribution < 1.29 is 46.5 Å². The molecule has 1 saturated heterocycles. The molecule has 5 rings (SSSR count). The number of imide groups is 1. The molecule has 0 aliphatic carbocycles. The first-order valence-corrected chi connectivity index (χ1v) is 17.8. The lowest BCUT2D eigenvalue weighted by molar-refractivity contribution is -0.124. The molecular formula is C41H42F3N5O7. The molecular weight excluding hydrogens is 731 g/mol. The van der Waals surface area contributed by atoms with Crippen LogP contribution in [-0.2, 0) is 25.4 Å².